The Hall–Kier alpha value is -3.69. The van der Waals surface area contributed by atoms with E-state index in [1.807, 2.05) is 25.3 Å². The predicted octanol–water partition coefficient (Wildman–Crippen LogP) is 4.39. The topological polar surface area (TPSA) is 96.6 Å². The summed E-state index contributed by atoms with van der Waals surface area (Å²) in [5, 5.41) is 5.18. The first-order valence-electron chi connectivity index (χ1n) is 15.3. The highest BCUT2D eigenvalue weighted by atomic mass is 16.2. The Balaban J connectivity index is 1.41. The molecule has 0 bridgehead atoms. The lowest BCUT2D eigenvalue weighted by atomic mass is 9.97. The number of nitrogens with zero attached hydrogens (tertiary/aromatic N) is 4. The summed E-state index contributed by atoms with van der Waals surface area (Å²) in [6.07, 6.45) is 3.64. The average Bonchev–Trinajstić information content (AvgIpc) is 3.41. The standard InChI is InChI=1S/C33H45N7O2/c1-7-8-24-15-23(6)37-33(42)28(24)19-35-32(41)27-16-26(17-30-29(27)20-36-40(30)22(4)5)25-9-10-31(34-18-25)39-13-11-38(12-14-39)21(2)3/h9-10,15-18,21-22,36H,7-8,11-14,19-20H2,1-6H3,(H,35,41)(H,37,42). The fourth-order valence-corrected chi connectivity index (χ4v) is 6.08. The Morgan fingerprint density at radius 2 is 1.79 bits per heavy atom. The molecule has 42 heavy (non-hydrogen) atoms. The molecule has 0 aliphatic carbocycles. The van der Waals surface area contributed by atoms with Crippen molar-refractivity contribution in [2.45, 2.75) is 79.6 Å². The van der Waals surface area contributed by atoms with E-state index in [1.54, 1.807) is 0 Å². The molecule has 4 heterocycles. The lowest BCUT2D eigenvalue weighted by Gasteiger charge is -2.37. The second kappa shape index (κ2) is 12.7. The van der Waals surface area contributed by atoms with Crippen LogP contribution in [0, 0.1) is 6.92 Å². The summed E-state index contributed by atoms with van der Waals surface area (Å²) in [5.41, 5.74) is 10.2. The molecule has 0 atom stereocenters. The van der Waals surface area contributed by atoms with Crippen LogP contribution in [0.5, 0.6) is 0 Å². The van der Waals surface area contributed by atoms with Crippen LogP contribution >= 0.6 is 0 Å². The molecule has 0 radical (unpaired) electrons. The van der Waals surface area contributed by atoms with E-state index in [1.165, 1.54) is 0 Å². The van der Waals surface area contributed by atoms with Crippen molar-refractivity contribution in [3.8, 4) is 11.1 Å². The Morgan fingerprint density at radius 1 is 1.02 bits per heavy atom. The van der Waals surface area contributed by atoms with Crippen molar-refractivity contribution in [2.24, 2.45) is 0 Å². The maximum Gasteiger partial charge on any atom is 0.253 e. The van der Waals surface area contributed by atoms with Crippen LogP contribution in [0.15, 0.2) is 41.3 Å². The molecular formula is C33H45N7O2. The highest BCUT2D eigenvalue weighted by Crippen LogP contribution is 2.35. The van der Waals surface area contributed by atoms with Crippen LogP contribution in [0.3, 0.4) is 0 Å². The lowest BCUT2D eigenvalue weighted by Crippen LogP contribution is -2.49. The van der Waals surface area contributed by atoms with Gasteiger partial charge >= 0.3 is 0 Å². The summed E-state index contributed by atoms with van der Waals surface area (Å²) in [4.78, 5) is 39.1. The average molecular weight is 572 g/mol. The van der Waals surface area contributed by atoms with Crippen LogP contribution in [-0.2, 0) is 19.5 Å². The number of nitrogens with one attached hydrogen (secondary N) is 3. The van der Waals surface area contributed by atoms with E-state index in [4.69, 9.17) is 4.98 Å². The SMILES string of the molecule is CCCc1cc(C)[nH]c(=O)c1CNC(=O)c1cc(-c2ccc(N3CCN(C(C)C)CC3)nc2)cc2c1CNN2C(C)C. The third-order valence-electron chi connectivity index (χ3n) is 8.43. The van der Waals surface area contributed by atoms with Crippen LogP contribution in [0.25, 0.3) is 11.1 Å². The third kappa shape index (κ3) is 6.22. The van der Waals surface area contributed by atoms with Crippen LogP contribution in [0.1, 0.15) is 73.8 Å². The zero-order valence-corrected chi connectivity index (χ0v) is 25.9. The molecule has 1 saturated heterocycles. The summed E-state index contributed by atoms with van der Waals surface area (Å²) in [6, 6.07) is 11.1. The van der Waals surface area contributed by atoms with Gasteiger partial charge in [0.15, 0.2) is 0 Å². The molecule has 1 fully saturated rings. The third-order valence-corrected chi connectivity index (χ3v) is 8.43. The van der Waals surface area contributed by atoms with E-state index in [-0.39, 0.29) is 24.1 Å². The zero-order valence-electron chi connectivity index (χ0n) is 25.9. The van der Waals surface area contributed by atoms with Crippen molar-refractivity contribution in [2.75, 3.05) is 36.1 Å². The normalized spacial score (nSPS) is 15.5. The monoisotopic (exact) mass is 571 g/mol. The number of amides is 1. The van der Waals surface area contributed by atoms with E-state index in [0.717, 1.165) is 78.5 Å². The van der Waals surface area contributed by atoms with E-state index in [2.05, 4.69) is 83.4 Å². The number of hydrogen-bond donors (Lipinski definition) is 3. The van der Waals surface area contributed by atoms with Gasteiger partial charge in [-0.2, -0.15) is 0 Å². The molecule has 0 saturated carbocycles. The quantitative estimate of drug-likeness (QED) is 0.351. The predicted molar refractivity (Wildman–Crippen MR) is 170 cm³/mol. The van der Waals surface area contributed by atoms with E-state index >= 15 is 0 Å². The van der Waals surface area contributed by atoms with Gasteiger partial charge in [0.05, 0.1) is 5.69 Å². The van der Waals surface area contributed by atoms with Gasteiger partial charge in [-0.3, -0.25) is 14.5 Å². The minimum absolute atomic E-state index is 0.137. The summed E-state index contributed by atoms with van der Waals surface area (Å²) in [7, 11) is 0. The number of aromatic nitrogens is 2. The molecule has 2 aromatic heterocycles. The number of carbonyl (C=O) groups excluding carboxylic acids is 1. The second-order valence-corrected chi connectivity index (χ2v) is 12.1. The number of H-pyrrole nitrogens is 1. The molecule has 2 aliphatic heterocycles. The summed E-state index contributed by atoms with van der Waals surface area (Å²) < 4.78 is 0. The number of carbonyl (C=O) groups is 1. The van der Waals surface area contributed by atoms with E-state index in [0.29, 0.717) is 23.7 Å². The molecular weight excluding hydrogens is 526 g/mol. The summed E-state index contributed by atoms with van der Waals surface area (Å²) in [5.74, 6) is 0.800. The molecule has 1 aromatic carbocycles. The zero-order chi connectivity index (χ0) is 30.0. The number of fused-ring (bicyclic) bond motifs is 1. The smallest absolute Gasteiger partial charge is 0.253 e. The minimum atomic E-state index is -0.185. The first-order chi connectivity index (χ1) is 20.2. The molecule has 5 rings (SSSR count). The van der Waals surface area contributed by atoms with E-state index < -0.39 is 0 Å². The number of benzene rings is 1. The number of anilines is 2. The van der Waals surface area contributed by atoms with Crippen molar-refractivity contribution < 1.29 is 4.79 Å². The molecule has 0 unspecified atom stereocenters. The molecule has 9 heteroatoms. The minimum Gasteiger partial charge on any atom is -0.354 e. The number of piperazine rings is 1. The highest BCUT2D eigenvalue weighted by Gasteiger charge is 2.28. The van der Waals surface area contributed by atoms with Gasteiger partial charge in [-0.05, 0) is 82.5 Å². The number of aryl methyl sites for hydroxylation is 2. The van der Waals surface area contributed by atoms with Crippen LogP contribution in [0.4, 0.5) is 11.5 Å². The highest BCUT2D eigenvalue weighted by molar-refractivity contribution is 5.99. The molecule has 3 aromatic rings. The summed E-state index contributed by atoms with van der Waals surface area (Å²) >= 11 is 0. The van der Waals surface area contributed by atoms with Gasteiger partial charge in [0.2, 0.25) is 0 Å². The fourth-order valence-electron chi connectivity index (χ4n) is 6.08. The van der Waals surface area contributed by atoms with Gasteiger partial charge in [-0.1, -0.05) is 13.3 Å². The van der Waals surface area contributed by atoms with Crippen molar-refractivity contribution in [3.63, 3.8) is 0 Å². The lowest BCUT2D eigenvalue weighted by molar-refractivity contribution is 0.0950. The fraction of sp³-hybridized carbons (Fsp3) is 0.485. The largest absolute Gasteiger partial charge is 0.354 e. The van der Waals surface area contributed by atoms with Crippen LogP contribution < -0.4 is 26.2 Å². The number of pyridine rings is 2. The van der Waals surface area contributed by atoms with Crippen molar-refractivity contribution in [1.29, 1.82) is 0 Å². The van der Waals surface area contributed by atoms with Gasteiger partial charge in [-0.15, -0.1) is 0 Å². The van der Waals surface area contributed by atoms with Crippen molar-refractivity contribution in [3.05, 3.63) is 74.8 Å². The molecule has 224 valence electrons. The van der Waals surface area contributed by atoms with Gasteiger partial charge < -0.3 is 20.2 Å². The van der Waals surface area contributed by atoms with Crippen LogP contribution in [0.2, 0.25) is 0 Å². The van der Waals surface area contributed by atoms with Gasteiger partial charge in [0.1, 0.15) is 5.82 Å². The van der Waals surface area contributed by atoms with Crippen LogP contribution in [-0.4, -0.2) is 59.0 Å². The van der Waals surface area contributed by atoms with Crippen molar-refractivity contribution >= 4 is 17.4 Å². The first kappa shape index (κ1) is 29.8. The molecule has 9 nitrogen and oxygen atoms in total. The first-order valence-corrected chi connectivity index (χ1v) is 15.3. The molecule has 3 N–H and O–H groups in total. The number of aromatic amines is 1. The molecule has 0 spiro atoms. The Morgan fingerprint density at radius 3 is 2.43 bits per heavy atom. The Labute approximate surface area is 249 Å². The number of hydrazine groups is 1. The maximum absolute atomic E-state index is 13.7. The second-order valence-electron chi connectivity index (χ2n) is 12.1. The number of rotatable bonds is 9. The van der Waals surface area contributed by atoms with Crippen molar-refractivity contribution in [1.82, 2.24) is 25.6 Å². The van der Waals surface area contributed by atoms with E-state index in [9.17, 15) is 9.59 Å². The van der Waals surface area contributed by atoms with Gasteiger partial charge in [0, 0.05) is 85.5 Å². The van der Waals surface area contributed by atoms with Gasteiger partial charge in [-0.25, -0.2) is 10.4 Å². The Bertz CT molecular complexity index is 1470. The molecule has 2 aliphatic rings. The number of hydrogen-bond acceptors (Lipinski definition) is 7. The summed E-state index contributed by atoms with van der Waals surface area (Å²) in [6.45, 7) is 17.5. The molecule has 1 amide bonds. The Kier molecular flexibility index (Phi) is 8.99. The van der Waals surface area contributed by atoms with Gasteiger partial charge in [0.25, 0.3) is 11.5 Å². The maximum atomic E-state index is 13.7.